The molecule has 2 N–H and O–H groups in total. The molecule has 1 aliphatic heterocycles. The van der Waals surface area contributed by atoms with Crippen molar-refractivity contribution < 1.29 is 19.7 Å². The fourth-order valence-corrected chi connectivity index (χ4v) is 5.73. The zero-order valence-corrected chi connectivity index (χ0v) is 21.6. The van der Waals surface area contributed by atoms with E-state index in [0.29, 0.717) is 18.8 Å². The number of rotatable bonds is 12. The summed E-state index contributed by atoms with van der Waals surface area (Å²) in [6, 6.07) is 18.3. The number of benzene rings is 2. The van der Waals surface area contributed by atoms with E-state index in [1.54, 1.807) is 13.3 Å². The van der Waals surface area contributed by atoms with E-state index < -0.39 is 12.1 Å². The lowest BCUT2D eigenvalue weighted by atomic mass is 9.78. The zero-order chi connectivity index (χ0) is 26.2. The number of hydrogen-bond acceptors (Lipinski definition) is 5. The Kier molecular flexibility index (Phi) is 9.31. The van der Waals surface area contributed by atoms with E-state index in [-0.39, 0.29) is 18.4 Å². The number of ether oxygens (including phenoxy) is 1. The van der Waals surface area contributed by atoms with Gasteiger partial charge >= 0.3 is 5.97 Å². The number of aliphatic carboxylic acids is 1. The summed E-state index contributed by atoms with van der Waals surface area (Å²) >= 11 is 0. The number of methoxy groups -OCH3 is 1. The summed E-state index contributed by atoms with van der Waals surface area (Å²) in [7, 11) is 1.63. The maximum absolute atomic E-state index is 11.4. The molecule has 6 nitrogen and oxygen atoms in total. The summed E-state index contributed by atoms with van der Waals surface area (Å²) in [5, 5.41) is 21.4. The summed E-state index contributed by atoms with van der Waals surface area (Å²) < 4.78 is 5.38. The number of carboxylic acid groups (broad SMARTS) is 1. The van der Waals surface area contributed by atoms with Crippen LogP contribution in [0.1, 0.15) is 49.3 Å². The van der Waals surface area contributed by atoms with Crippen molar-refractivity contribution in [1.29, 1.82) is 0 Å². The second kappa shape index (κ2) is 12.8. The van der Waals surface area contributed by atoms with Gasteiger partial charge in [-0.15, -0.1) is 6.58 Å². The molecule has 0 saturated carbocycles. The first-order valence-electron chi connectivity index (χ1n) is 13.2. The predicted octanol–water partition coefficient (Wildman–Crippen LogP) is 5.66. The number of aromatic nitrogens is 1. The molecule has 0 aliphatic carbocycles. The normalized spacial score (nSPS) is 19.8. The van der Waals surface area contributed by atoms with E-state index in [9.17, 15) is 15.0 Å². The molecule has 37 heavy (non-hydrogen) atoms. The van der Waals surface area contributed by atoms with Crippen molar-refractivity contribution >= 4 is 16.9 Å². The first kappa shape index (κ1) is 26.8. The molecule has 2 unspecified atom stereocenters. The molecule has 4 rings (SSSR count). The van der Waals surface area contributed by atoms with Crippen LogP contribution in [0, 0.1) is 11.8 Å². The van der Waals surface area contributed by atoms with Gasteiger partial charge in [0.05, 0.1) is 18.7 Å². The SMILES string of the molecule is C=CC(Cc1ccccc1)N1CC[C@@H](CCC(O)c2ccnc3ccc(OC)cc23)[C@@H](CCC(=O)O)C1. The molecule has 196 valence electrons. The van der Waals surface area contributed by atoms with E-state index >= 15 is 0 Å². The fraction of sp³-hybridized carbons (Fsp3) is 0.419. The molecule has 4 atom stereocenters. The van der Waals surface area contributed by atoms with Crippen molar-refractivity contribution in [3.8, 4) is 5.75 Å². The van der Waals surface area contributed by atoms with Gasteiger partial charge < -0.3 is 14.9 Å². The molecule has 1 aromatic heterocycles. The average molecular weight is 503 g/mol. The number of aliphatic hydroxyl groups is 1. The molecule has 1 saturated heterocycles. The van der Waals surface area contributed by atoms with Gasteiger partial charge in [0.15, 0.2) is 0 Å². The Morgan fingerprint density at radius 3 is 2.73 bits per heavy atom. The Balaban J connectivity index is 1.44. The minimum absolute atomic E-state index is 0.170. The lowest BCUT2D eigenvalue weighted by Gasteiger charge is -2.42. The third-order valence-electron chi connectivity index (χ3n) is 7.83. The Hall–Kier alpha value is -3.22. The van der Waals surface area contributed by atoms with Gasteiger partial charge in [0, 0.05) is 30.6 Å². The van der Waals surface area contributed by atoms with E-state index in [4.69, 9.17) is 4.74 Å². The lowest BCUT2D eigenvalue weighted by molar-refractivity contribution is -0.137. The summed E-state index contributed by atoms with van der Waals surface area (Å²) in [6.45, 7) is 5.90. The summed E-state index contributed by atoms with van der Waals surface area (Å²) in [5.41, 5.74) is 2.97. The highest BCUT2D eigenvalue weighted by Crippen LogP contribution is 2.36. The standard InChI is InChI=1S/C31H38N2O4/c1-3-25(19-22-7-5-4-6-8-22)33-18-16-23(24(21-33)10-14-31(35)36)9-13-30(34)27-15-17-32-29-12-11-26(37-2)20-28(27)29/h3-8,11-12,15,17,20,23-25,30,34H,1,9-10,13-14,16,18-19,21H2,2H3,(H,35,36)/t23-,24+,25?,30?/m1/s1. The number of pyridine rings is 1. The van der Waals surface area contributed by atoms with Crippen LogP contribution in [0.3, 0.4) is 0 Å². The Bertz CT molecular complexity index is 1180. The van der Waals surface area contributed by atoms with Gasteiger partial charge in [-0.25, -0.2) is 0 Å². The number of fused-ring (bicyclic) bond motifs is 1. The third kappa shape index (κ3) is 6.96. The van der Waals surface area contributed by atoms with Crippen LogP contribution in [-0.4, -0.2) is 52.3 Å². The minimum Gasteiger partial charge on any atom is -0.497 e. The van der Waals surface area contributed by atoms with Gasteiger partial charge in [-0.2, -0.15) is 0 Å². The van der Waals surface area contributed by atoms with Gasteiger partial charge in [0.1, 0.15) is 5.75 Å². The smallest absolute Gasteiger partial charge is 0.303 e. The molecular weight excluding hydrogens is 464 g/mol. The maximum atomic E-state index is 11.4. The number of hydrogen-bond donors (Lipinski definition) is 2. The molecule has 2 heterocycles. The number of aliphatic hydroxyl groups excluding tert-OH is 1. The number of piperidine rings is 1. The highest BCUT2D eigenvalue weighted by molar-refractivity contribution is 5.83. The van der Waals surface area contributed by atoms with Crippen LogP contribution in [0.2, 0.25) is 0 Å². The quantitative estimate of drug-likeness (QED) is 0.311. The highest BCUT2D eigenvalue weighted by Gasteiger charge is 2.32. The average Bonchev–Trinajstić information content (AvgIpc) is 2.93. The van der Waals surface area contributed by atoms with Crippen LogP contribution >= 0.6 is 0 Å². The topological polar surface area (TPSA) is 82.9 Å². The Morgan fingerprint density at radius 1 is 1.19 bits per heavy atom. The molecule has 0 bridgehead atoms. The predicted molar refractivity (Wildman–Crippen MR) is 147 cm³/mol. The molecule has 1 fully saturated rings. The molecule has 6 heteroatoms. The van der Waals surface area contributed by atoms with Crippen LogP contribution < -0.4 is 4.74 Å². The zero-order valence-electron chi connectivity index (χ0n) is 21.6. The van der Waals surface area contributed by atoms with Crippen LogP contribution in [0.5, 0.6) is 5.75 Å². The largest absolute Gasteiger partial charge is 0.497 e. The molecule has 2 aromatic carbocycles. The first-order valence-corrected chi connectivity index (χ1v) is 13.2. The number of carboxylic acids is 1. The maximum Gasteiger partial charge on any atom is 0.303 e. The van der Waals surface area contributed by atoms with Crippen LogP contribution in [0.4, 0.5) is 0 Å². The van der Waals surface area contributed by atoms with Crippen LogP contribution in [0.15, 0.2) is 73.4 Å². The monoisotopic (exact) mass is 502 g/mol. The van der Waals surface area contributed by atoms with Gasteiger partial charge in [-0.1, -0.05) is 36.4 Å². The number of carbonyl (C=O) groups is 1. The van der Waals surface area contributed by atoms with Crippen LogP contribution in [-0.2, 0) is 11.2 Å². The molecule has 3 aromatic rings. The highest BCUT2D eigenvalue weighted by atomic mass is 16.5. The van der Waals surface area contributed by atoms with Crippen molar-refractivity contribution in [3.63, 3.8) is 0 Å². The Labute approximate surface area is 219 Å². The summed E-state index contributed by atoms with van der Waals surface area (Å²) in [6.07, 6.45) is 7.33. The van der Waals surface area contributed by atoms with E-state index in [1.165, 1.54) is 5.56 Å². The number of nitrogens with zero attached hydrogens (tertiary/aromatic N) is 2. The van der Waals surface area contributed by atoms with Crippen LogP contribution in [0.25, 0.3) is 10.9 Å². The van der Waals surface area contributed by atoms with Gasteiger partial charge in [0.25, 0.3) is 0 Å². The van der Waals surface area contributed by atoms with Gasteiger partial charge in [-0.05, 0) is 85.9 Å². The van der Waals surface area contributed by atoms with Gasteiger partial charge in [-0.3, -0.25) is 14.7 Å². The molecule has 1 aliphatic rings. The molecule has 0 radical (unpaired) electrons. The number of likely N-dealkylation sites (tertiary alicyclic amines) is 1. The van der Waals surface area contributed by atoms with Crippen molar-refractivity contribution in [2.24, 2.45) is 11.8 Å². The van der Waals surface area contributed by atoms with Crippen molar-refractivity contribution in [3.05, 3.63) is 84.6 Å². The first-order chi connectivity index (χ1) is 18.0. The molecule has 0 amide bonds. The third-order valence-corrected chi connectivity index (χ3v) is 7.83. The van der Waals surface area contributed by atoms with Crippen molar-refractivity contribution in [2.45, 2.75) is 50.7 Å². The second-order valence-corrected chi connectivity index (χ2v) is 10.1. The van der Waals surface area contributed by atoms with E-state index in [0.717, 1.165) is 54.6 Å². The minimum atomic E-state index is -0.752. The summed E-state index contributed by atoms with van der Waals surface area (Å²) in [4.78, 5) is 18.3. The Morgan fingerprint density at radius 2 is 2.00 bits per heavy atom. The molecular formula is C31H38N2O4. The van der Waals surface area contributed by atoms with Gasteiger partial charge in [0.2, 0.25) is 0 Å². The van der Waals surface area contributed by atoms with E-state index in [1.807, 2.05) is 36.4 Å². The van der Waals surface area contributed by atoms with Crippen molar-refractivity contribution in [1.82, 2.24) is 9.88 Å². The second-order valence-electron chi connectivity index (χ2n) is 10.1. The molecule has 0 spiro atoms. The van der Waals surface area contributed by atoms with Crippen molar-refractivity contribution in [2.75, 3.05) is 20.2 Å². The lowest BCUT2D eigenvalue weighted by Crippen LogP contribution is -2.46. The summed E-state index contributed by atoms with van der Waals surface area (Å²) in [5.74, 6) is 0.625. The fourth-order valence-electron chi connectivity index (χ4n) is 5.73. The van der Waals surface area contributed by atoms with E-state index in [2.05, 4.69) is 40.7 Å².